The van der Waals surface area contributed by atoms with Crippen molar-refractivity contribution < 1.29 is 0 Å². The van der Waals surface area contributed by atoms with Gasteiger partial charge in [-0.25, -0.2) is 15.0 Å². The highest BCUT2D eigenvalue weighted by Crippen LogP contribution is 2.60. The molecule has 1 heterocycles. The van der Waals surface area contributed by atoms with E-state index in [1.165, 1.54) is 60.4 Å². The summed E-state index contributed by atoms with van der Waals surface area (Å²) in [6, 6.07) is 55.8. The van der Waals surface area contributed by atoms with Gasteiger partial charge in [0.15, 0.2) is 17.5 Å². The van der Waals surface area contributed by atoms with E-state index in [9.17, 15) is 5.26 Å². The maximum Gasteiger partial charge on any atom is 0.164 e. The monoisotopic (exact) mass is 720 g/mol. The average molecular weight is 721 g/mol. The Morgan fingerprint density at radius 3 is 1.71 bits per heavy atom. The lowest BCUT2D eigenvalue weighted by Crippen LogP contribution is -2.48. The molecule has 0 unspecified atom stereocenters. The van der Waals surface area contributed by atoms with E-state index in [0.717, 1.165) is 61.9 Å². The second kappa shape index (κ2) is 13.1. The molecule has 0 amide bonds. The van der Waals surface area contributed by atoms with Crippen LogP contribution in [0.25, 0.3) is 78.0 Å². The molecule has 1 aromatic heterocycles. The van der Waals surface area contributed by atoms with Crippen molar-refractivity contribution >= 4 is 21.5 Å². The molecule has 7 aromatic carbocycles. The Morgan fingerprint density at radius 1 is 0.446 bits per heavy atom. The Kier molecular flexibility index (Phi) is 7.71. The van der Waals surface area contributed by atoms with Crippen LogP contribution in [0.15, 0.2) is 152 Å². The maximum absolute atomic E-state index is 10.3. The van der Waals surface area contributed by atoms with E-state index in [2.05, 4.69) is 115 Å². The molecule has 4 bridgehead atoms. The highest BCUT2D eigenvalue weighted by molar-refractivity contribution is 6.01. The van der Waals surface area contributed by atoms with Crippen LogP contribution in [0.4, 0.5) is 0 Å². The zero-order valence-electron chi connectivity index (χ0n) is 31.2. The first-order chi connectivity index (χ1) is 27.6. The van der Waals surface area contributed by atoms with Crippen molar-refractivity contribution in [2.75, 3.05) is 0 Å². The molecule has 0 radical (unpaired) electrons. The van der Waals surface area contributed by atoms with Gasteiger partial charge in [0.1, 0.15) is 0 Å². The van der Waals surface area contributed by atoms with E-state index in [-0.39, 0.29) is 0 Å². The van der Waals surface area contributed by atoms with Crippen molar-refractivity contribution in [3.05, 3.63) is 163 Å². The Labute approximate surface area is 327 Å². The summed E-state index contributed by atoms with van der Waals surface area (Å²) in [5.74, 6) is 4.51. The van der Waals surface area contributed by atoms with Crippen LogP contribution in [0.3, 0.4) is 0 Å². The Balaban J connectivity index is 1.02. The SMILES string of the molecule is N#Cc1cccc2c(-c3nc(-c4ccccc4)nc(-c4ccc(-c5ccc6ccccc6c5)cc4)n3)cc(-c3ccc(C45C[C@H]6C[C@H](C4)C[C@@H](C5)C6)cc3)cc12. The number of hydrogen-bond acceptors (Lipinski definition) is 4. The summed E-state index contributed by atoms with van der Waals surface area (Å²) in [6.07, 6.45) is 8.38. The molecule has 12 rings (SSSR count). The van der Waals surface area contributed by atoms with Gasteiger partial charge in [0.05, 0.1) is 11.6 Å². The zero-order chi connectivity index (χ0) is 37.2. The summed E-state index contributed by atoms with van der Waals surface area (Å²) in [5, 5.41) is 14.6. The molecule has 0 N–H and O–H groups in total. The molecular formula is C52H40N4. The van der Waals surface area contributed by atoms with Crippen molar-refractivity contribution in [1.82, 2.24) is 15.0 Å². The quantitative estimate of drug-likeness (QED) is 0.172. The van der Waals surface area contributed by atoms with Crippen LogP contribution in [-0.4, -0.2) is 15.0 Å². The van der Waals surface area contributed by atoms with Gasteiger partial charge in [-0.05, 0) is 130 Å². The minimum Gasteiger partial charge on any atom is -0.208 e. The third-order valence-electron chi connectivity index (χ3n) is 13.1. The summed E-state index contributed by atoms with van der Waals surface area (Å²) in [4.78, 5) is 15.4. The molecule has 8 aromatic rings. The second-order valence-electron chi connectivity index (χ2n) is 16.6. The number of benzene rings is 7. The van der Waals surface area contributed by atoms with Gasteiger partial charge in [-0.1, -0.05) is 127 Å². The van der Waals surface area contributed by atoms with Crippen LogP contribution in [0, 0.1) is 29.1 Å². The standard InChI is InChI=1S/C52H40N4/c53-32-43-11-6-12-46-47(43)27-44(38-19-21-45(22-20-38)52-29-33-23-34(30-52)25-35(24-33)31-52)28-48(46)51-55-49(39-8-2-1-3-9-39)54-50(56-51)40-16-13-37(14-17-40)42-18-15-36-7-4-5-10-41(36)26-42/h1-22,26-28,33-35H,23-25,29-31H2/t33-,34-,35-,52?. The largest absolute Gasteiger partial charge is 0.208 e. The molecule has 56 heavy (non-hydrogen) atoms. The van der Waals surface area contributed by atoms with Crippen LogP contribution >= 0.6 is 0 Å². The molecule has 4 saturated carbocycles. The number of nitrogens with zero attached hydrogens (tertiary/aromatic N) is 4. The molecule has 4 heteroatoms. The van der Waals surface area contributed by atoms with Gasteiger partial charge < -0.3 is 0 Å². The number of hydrogen-bond donors (Lipinski definition) is 0. The predicted octanol–water partition coefficient (Wildman–Crippen LogP) is 12.9. The van der Waals surface area contributed by atoms with Crippen LogP contribution in [-0.2, 0) is 5.41 Å². The summed E-state index contributed by atoms with van der Waals surface area (Å²) in [6.45, 7) is 0. The van der Waals surface area contributed by atoms with E-state index in [1.54, 1.807) is 0 Å². The summed E-state index contributed by atoms with van der Waals surface area (Å²) in [5.41, 5.74) is 9.70. The van der Waals surface area contributed by atoms with Crippen molar-refractivity contribution in [2.24, 2.45) is 17.8 Å². The predicted molar refractivity (Wildman–Crippen MR) is 227 cm³/mol. The third kappa shape index (κ3) is 5.69. The molecular weight excluding hydrogens is 681 g/mol. The molecule has 0 aliphatic heterocycles. The molecule has 4 aliphatic rings. The molecule has 268 valence electrons. The van der Waals surface area contributed by atoms with Crippen LogP contribution < -0.4 is 0 Å². The zero-order valence-corrected chi connectivity index (χ0v) is 31.2. The fraction of sp³-hybridized carbons (Fsp3) is 0.192. The first-order valence-corrected chi connectivity index (χ1v) is 20.1. The molecule has 4 fully saturated rings. The van der Waals surface area contributed by atoms with Gasteiger partial charge in [-0.15, -0.1) is 0 Å². The van der Waals surface area contributed by atoms with E-state index in [0.29, 0.717) is 28.5 Å². The van der Waals surface area contributed by atoms with Gasteiger partial charge in [0, 0.05) is 22.1 Å². The number of aromatic nitrogens is 3. The molecule has 0 spiro atoms. The van der Waals surface area contributed by atoms with Crippen molar-refractivity contribution in [2.45, 2.75) is 43.9 Å². The van der Waals surface area contributed by atoms with E-state index >= 15 is 0 Å². The van der Waals surface area contributed by atoms with Crippen LogP contribution in [0.1, 0.15) is 49.7 Å². The van der Waals surface area contributed by atoms with Gasteiger partial charge in [-0.2, -0.15) is 5.26 Å². The Bertz CT molecular complexity index is 2800. The molecule has 4 nitrogen and oxygen atoms in total. The second-order valence-corrected chi connectivity index (χ2v) is 16.6. The van der Waals surface area contributed by atoms with Gasteiger partial charge in [-0.3, -0.25) is 0 Å². The number of rotatable bonds is 6. The maximum atomic E-state index is 10.3. The Hall–Kier alpha value is -6.44. The Morgan fingerprint density at radius 2 is 1.02 bits per heavy atom. The van der Waals surface area contributed by atoms with Crippen LogP contribution in [0.5, 0.6) is 0 Å². The fourth-order valence-electron chi connectivity index (χ4n) is 10.8. The van der Waals surface area contributed by atoms with Gasteiger partial charge in [0.25, 0.3) is 0 Å². The lowest BCUT2D eigenvalue weighted by atomic mass is 9.48. The number of nitriles is 1. The van der Waals surface area contributed by atoms with Gasteiger partial charge >= 0.3 is 0 Å². The van der Waals surface area contributed by atoms with E-state index in [1.807, 2.05) is 42.5 Å². The average Bonchev–Trinajstić information content (AvgIpc) is 3.25. The fourth-order valence-corrected chi connectivity index (χ4v) is 10.8. The summed E-state index contributed by atoms with van der Waals surface area (Å²) >= 11 is 0. The highest BCUT2D eigenvalue weighted by atomic mass is 15.0. The highest BCUT2D eigenvalue weighted by Gasteiger charge is 2.51. The minimum absolute atomic E-state index is 0.346. The summed E-state index contributed by atoms with van der Waals surface area (Å²) < 4.78 is 0. The third-order valence-corrected chi connectivity index (χ3v) is 13.1. The normalized spacial score (nSPS) is 21.0. The first kappa shape index (κ1) is 32.9. The number of fused-ring (bicyclic) bond motifs is 2. The molecule has 0 atom stereocenters. The van der Waals surface area contributed by atoms with Crippen molar-refractivity contribution in [3.63, 3.8) is 0 Å². The lowest BCUT2D eigenvalue weighted by Gasteiger charge is -2.57. The van der Waals surface area contributed by atoms with Crippen molar-refractivity contribution in [1.29, 1.82) is 5.26 Å². The first-order valence-electron chi connectivity index (χ1n) is 20.1. The summed E-state index contributed by atoms with van der Waals surface area (Å²) in [7, 11) is 0. The van der Waals surface area contributed by atoms with Gasteiger partial charge in [0.2, 0.25) is 0 Å². The lowest BCUT2D eigenvalue weighted by molar-refractivity contribution is -0.00518. The van der Waals surface area contributed by atoms with E-state index in [4.69, 9.17) is 15.0 Å². The minimum atomic E-state index is 0.346. The van der Waals surface area contributed by atoms with Crippen LogP contribution in [0.2, 0.25) is 0 Å². The molecule has 0 saturated heterocycles. The topological polar surface area (TPSA) is 62.5 Å². The smallest absolute Gasteiger partial charge is 0.164 e. The van der Waals surface area contributed by atoms with Crippen molar-refractivity contribution in [3.8, 4) is 62.5 Å². The van der Waals surface area contributed by atoms with E-state index < -0.39 is 0 Å². The molecule has 4 aliphatic carbocycles.